The van der Waals surface area contributed by atoms with E-state index in [4.69, 9.17) is 16.6 Å². The fourth-order valence-electron chi connectivity index (χ4n) is 5.61. The van der Waals surface area contributed by atoms with Crippen molar-refractivity contribution in [1.82, 2.24) is 4.98 Å². The van der Waals surface area contributed by atoms with Crippen LogP contribution in [0.3, 0.4) is 0 Å². The molecule has 0 spiro atoms. The van der Waals surface area contributed by atoms with Crippen molar-refractivity contribution < 1.29 is 15.0 Å². The van der Waals surface area contributed by atoms with Crippen LogP contribution in [0.15, 0.2) is 78.9 Å². The lowest BCUT2D eigenvalue weighted by molar-refractivity contribution is -0.307. The molecule has 0 radical (unpaired) electrons. The number of aromatic nitrogens is 1. The zero-order chi connectivity index (χ0) is 29.9. The molecule has 0 amide bonds. The summed E-state index contributed by atoms with van der Waals surface area (Å²) in [5.74, 6) is 0.0119. The number of thioether (sulfide) groups is 1. The molecule has 1 saturated carbocycles. The second-order valence-corrected chi connectivity index (χ2v) is 13.8. The Labute approximate surface area is 257 Å². The van der Waals surface area contributed by atoms with Gasteiger partial charge >= 0.3 is 0 Å². The van der Waals surface area contributed by atoms with Gasteiger partial charge in [0.15, 0.2) is 0 Å². The molecule has 1 fully saturated rings. The second-order valence-electron chi connectivity index (χ2n) is 12.2. The molecule has 42 heavy (non-hydrogen) atoms. The smallest absolute Gasteiger partial charge is 0.0843 e. The summed E-state index contributed by atoms with van der Waals surface area (Å²) in [6.07, 6.45) is 6.95. The molecule has 3 aromatic carbocycles. The molecule has 1 aliphatic carbocycles. The summed E-state index contributed by atoms with van der Waals surface area (Å²) in [5, 5.41) is 24.1. The van der Waals surface area contributed by atoms with Crippen LogP contribution >= 0.6 is 23.4 Å². The molecule has 0 aliphatic heterocycles. The number of aliphatic carboxylic acids is 1. The molecule has 4 aromatic rings. The zero-order valence-electron chi connectivity index (χ0n) is 24.3. The van der Waals surface area contributed by atoms with Crippen molar-refractivity contribution in [3.05, 3.63) is 112 Å². The Morgan fingerprint density at radius 1 is 1.07 bits per heavy atom. The number of fused-ring (bicyclic) bond motifs is 1. The van der Waals surface area contributed by atoms with Crippen molar-refractivity contribution in [3.8, 4) is 0 Å². The van der Waals surface area contributed by atoms with E-state index in [2.05, 4.69) is 49.4 Å². The van der Waals surface area contributed by atoms with Crippen molar-refractivity contribution in [3.63, 3.8) is 0 Å². The minimum absolute atomic E-state index is 0.122. The number of pyridine rings is 1. The van der Waals surface area contributed by atoms with E-state index in [-0.39, 0.29) is 23.0 Å². The molecule has 1 heterocycles. The number of carboxylic acid groups (broad SMARTS) is 1. The van der Waals surface area contributed by atoms with Gasteiger partial charge in [0.25, 0.3) is 0 Å². The summed E-state index contributed by atoms with van der Waals surface area (Å²) in [5.41, 5.74) is 4.99. The van der Waals surface area contributed by atoms with Gasteiger partial charge in [-0.1, -0.05) is 85.3 Å². The van der Waals surface area contributed by atoms with Gasteiger partial charge in [0.1, 0.15) is 0 Å². The van der Waals surface area contributed by atoms with E-state index in [0.29, 0.717) is 5.02 Å². The molecule has 4 nitrogen and oxygen atoms in total. The average Bonchev–Trinajstić information content (AvgIpc) is 3.72. The number of hydrogen-bond acceptors (Lipinski definition) is 5. The third-order valence-corrected chi connectivity index (χ3v) is 10.1. The van der Waals surface area contributed by atoms with E-state index in [9.17, 15) is 15.0 Å². The molecular weight excluding hydrogens is 562 g/mol. The molecule has 218 valence electrons. The summed E-state index contributed by atoms with van der Waals surface area (Å²) >= 11 is 8.02. The third kappa shape index (κ3) is 7.63. The van der Waals surface area contributed by atoms with Crippen LogP contribution in [0.25, 0.3) is 23.1 Å². The first-order valence-electron chi connectivity index (χ1n) is 14.5. The Balaban J connectivity index is 1.40. The van der Waals surface area contributed by atoms with Gasteiger partial charge in [-0.2, -0.15) is 11.8 Å². The highest BCUT2D eigenvalue weighted by Crippen LogP contribution is 2.53. The van der Waals surface area contributed by atoms with Crippen LogP contribution in [0.1, 0.15) is 85.6 Å². The number of benzene rings is 3. The number of hydrogen-bond donors (Lipinski definition) is 1. The number of aliphatic hydroxyl groups is 1. The van der Waals surface area contributed by atoms with Gasteiger partial charge in [0.05, 0.1) is 16.8 Å². The fourth-order valence-corrected chi connectivity index (χ4v) is 7.48. The first kappa shape index (κ1) is 30.3. The molecule has 2 atom stereocenters. The highest BCUT2D eigenvalue weighted by atomic mass is 35.5. The van der Waals surface area contributed by atoms with Crippen LogP contribution in [-0.4, -0.2) is 21.8 Å². The lowest BCUT2D eigenvalue weighted by Crippen LogP contribution is -2.26. The largest absolute Gasteiger partial charge is 0.550 e. The molecule has 6 heteroatoms. The third-order valence-electron chi connectivity index (χ3n) is 8.19. The number of rotatable bonds is 12. The van der Waals surface area contributed by atoms with Crippen molar-refractivity contribution in [2.45, 2.75) is 63.2 Å². The van der Waals surface area contributed by atoms with Gasteiger partial charge in [-0.25, -0.2) is 4.98 Å². The predicted molar refractivity (Wildman–Crippen MR) is 173 cm³/mol. The van der Waals surface area contributed by atoms with E-state index in [1.165, 1.54) is 5.56 Å². The summed E-state index contributed by atoms with van der Waals surface area (Å²) in [7, 11) is 0. The number of halogens is 1. The SMILES string of the molecule is CC(C[C@@H](SCC1(CC(=O)[O-])CC1)c1cccc(/C=C/c2ccc3ccc(Cl)cc3n2)c1)c1ccccc1C(C)(C)O. The quantitative estimate of drug-likeness (QED) is 0.178. The van der Waals surface area contributed by atoms with Gasteiger partial charge in [-0.15, -0.1) is 0 Å². The second kappa shape index (κ2) is 12.6. The van der Waals surface area contributed by atoms with Crippen LogP contribution in [0.4, 0.5) is 0 Å². The van der Waals surface area contributed by atoms with E-state index in [1.54, 1.807) is 0 Å². The van der Waals surface area contributed by atoms with Gasteiger partial charge in [0.2, 0.25) is 0 Å². The van der Waals surface area contributed by atoms with Crippen LogP contribution in [0.2, 0.25) is 5.02 Å². The summed E-state index contributed by atoms with van der Waals surface area (Å²) < 4.78 is 0. The Morgan fingerprint density at radius 2 is 1.83 bits per heavy atom. The van der Waals surface area contributed by atoms with E-state index in [1.807, 2.05) is 74.1 Å². The average molecular weight is 599 g/mol. The zero-order valence-corrected chi connectivity index (χ0v) is 25.9. The summed E-state index contributed by atoms with van der Waals surface area (Å²) in [6, 6.07) is 26.5. The van der Waals surface area contributed by atoms with Crippen LogP contribution in [0, 0.1) is 5.41 Å². The predicted octanol–water partition coefficient (Wildman–Crippen LogP) is 8.17. The Hall–Kier alpha value is -3.12. The lowest BCUT2D eigenvalue weighted by Gasteiger charge is -2.28. The van der Waals surface area contributed by atoms with E-state index in [0.717, 1.165) is 58.3 Å². The number of nitrogens with zero attached hydrogens (tertiary/aromatic N) is 1. The maximum Gasteiger partial charge on any atom is 0.0843 e. The molecule has 1 unspecified atom stereocenters. The molecule has 1 aromatic heterocycles. The fraction of sp³-hybridized carbons (Fsp3) is 0.333. The van der Waals surface area contributed by atoms with Gasteiger partial charge in [-0.05, 0) is 103 Å². The van der Waals surface area contributed by atoms with Crippen molar-refractivity contribution >= 4 is 52.4 Å². The minimum atomic E-state index is -0.964. The van der Waals surface area contributed by atoms with Crippen LogP contribution in [0.5, 0.6) is 0 Å². The Bertz CT molecular complexity index is 1610. The summed E-state index contributed by atoms with van der Waals surface area (Å²) in [4.78, 5) is 16.2. The van der Waals surface area contributed by atoms with Gasteiger partial charge < -0.3 is 15.0 Å². The van der Waals surface area contributed by atoms with Crippen molar-refractivity contribution in [1.29, 1.82) is 0 Å². The van der Waals surface area contributed by atoms with E-state index >= 15 is 0 Å². The normalized spacial score (nSPS) is 16.0. The molecule has 1 N–H and O–H groups in total. The Kier molecular flexibility index (Phi) is 9.12. The Morgan fingerprint density at radius 3 is 2.57 bits per heavy atom. The standard InChI is InChI=1S/C36H38ClNO3S/c1-24(30-9-4-5-10-31(30)35(2,3)41)19-33(42-23-36(17-18-36)22-34(39)40)27-8-6-7-25(20-27)11-15-29-16-13-26-12-14-28(37)21-32(26)38-29/h4-16,20-21,24,33,41H,17-19,22-23H2,1-3H3,(H,39,40)/p-1/b15-11+/t24?,33-/m1/s1. The molecule has 5 rings (SSSR count). The molecule has 1 aliphatic rings. The summed E-state index contributed by atoms with van der Waals surface area (Å²) in [6.45, 7) is 5.88. The molecule has 0 bridgehead atoms. The highest BCUT2D eigenvalue weighted by Gasteiger charge is 2.43. The van der Waals surface area contributed by atoms with Crippen molar-refractivity contribution in [2.24, 2.45) is 5.41 Å². The maximum atomic E-state index is 11.4. The van der Waals surface area contributed by atoms with Crippen molar-refractivity contribution in [2.75, 3.05) is 5.75 Å². The topological polar surface area (TPSA) is 73.2 Å². The number of carboxylic acids is 1. The molecular formula is C36H37ClNO3S-. The molecule has 0 saturated heterocycles. The van der Waals surface area contributed by atoms with Crippen LogP contribution < -0.4 is 5.11 Å². The van der Waals surface area contributed by atoms with E-state index < -0.39 is 11.6 Å². The lowest BCUT2D eigenvalue weighted by atomic mass is 9.84. The monoisotopic (exact) mass is 598 g/mol. The van der Waals surface area contributed by atoms with Gasteiger partial charge in [0, 0.05) is 21.6 Å². The number of carbonyl (C=O) groups is 1. The highest BCUT2D eigenvalue weighted by molar-refractivity contribution is 7.99. The van der Waals surface area contributed by atoms with Gasteiger partial charge in [-0.3, -0.25) is 0 Å². The minimum Gasteiger partial charge on any atom is -0.550 e. The van der Waals surface area contributed by atoms with Crippen LogP contribution in [-0.2, 0) is 10.4 Å². The number of carbonyl (C=O) groups excluding carboxylic acids is 1. The maximum absolute atomic E-state index is 11.4. The first-order chi connectivity index (χ1) is 20.0. The first-order valence-corrected chi connectivity index (χ1v) is 15.9.